The number of carboxylic acid groups (broad SMARTS) is 1. The number of halogens is 1. The fraction of sp³-hybridized carbons (Fsp3) is 0.682. The van der Waals surface area contributed by atoms with Crippen LogP contribution in [-0.4, -0.2) is 90.5 Å². The van der Waals surface area contributed by atoms with Crippen LogP contribution in [0.2, 0.25) is 0 Å². The average molecular weight is 514 g/mol. The molecule has 12 nitrogen and oxygen atoms in total. The van der Waals surface area contributed by atoms with Crippen LogP contribution in [0.4, 0.5) is 4.79 Å². The third-order valence-corrected chi connectivity index (χ3v) is 7.61. The fourth-order valence-corrected chi connectivity index (χ4v) is 5.86. The van der Waals surface area contributed by atoms with Crippen LogP contribution in [0.5, 0.6) is 11.5 Å². The van der Waals surface area contributed by atoms with Crippen molar-refractivity contribution in [3.8, 4) is 11.5 Å². The van der Waals surface area contributed by atoms with Crippen molar-refractivity contribution < 1.29 is 33.9 Å². The Hall–Kier alpha value is -1.90. The van der Waals surface area contributed by atoms with Gasteiger partial charge in [0.1, 0.15) is 23.8 Å². The lowest BCUT2D eigenvalue weighted by Gasteiger charge is -2.47. The third-order valence-electron chi connectivity index (χ3n) is 7.30. The van der Waals surface area contributed by atoms with Crippen molar-refractivity contribution in [2.24, 2.45) is 0 Å². The predicted molar refractivity (Wildman–Crippen MR) is 124 cm³/mol. The summed E-state index contributed by atoms with van der Waals surface area (Å²) in [5.41, 5.74) is 3.09. The summed E-state index contributed by atoms with van der Waals surface area (Å²) in [7, 11) is 3.22. The molecule has 4 N–H and O–H groups in total. The number of benzene rings is 1. The summed E-state index contributed by atoms with van der Waals surface area (Å²) in [6.07, 6.45) is 0.437. The lowest BCUT2D eigenvalue weighted by Crippen LogP contribution is -2.67. The Morgan fingerprint density at radius 1 is 1.26 bits per heavy atom. The van der Waals surface area contributed by atoms with Gasteiger partial charge in [-0.3, -0.25) is 15.1 Å². The van der Waals surface area contributed by atoms with Crippen LogP contribution < -0.4 is 25.8 Å². The first-order chi connectivity index (χ1) is 17.0. The zero-order valence-electron chi connectivity index (χ0n) is 19.7. The smallest absolute Gasteiger partial charge is 0.407 e. The van der Waals surface area contributed by atoms with Crippen molar-refractivity contribution in [1.29, 1.82) is 0 Å². The molecule has 4 saturated heterocycles. The number of piperazine rings is 1. The lowest BCUT2D eigenvalue weighted by atomic mass is 10.00. The van der Waals surface area contributed by atoms with Crippen LogP contribution in [0, 0.1) is 0 Å². The average Bonchev–Trinajstić information content (AvgIpc) is 3.18. The molecule has 4 aliphatic heterocycles. The number of piperidine rings is 1. The van der Waals surface area contributed by atoms with Crippen LogP contribution in [0.3, 0.4) is 0 Å². The summed E-state index contributed by atoms with van der Waals surface area (Å²) in [6.45, 7) is 1.37. The number of hydrogen-bond acceptors (Lipinski definition) is 10. The summed E-state index contributed by atoms with van der Waals surface area (Å²) in [4.78, 5) is 24.7. The summed E-state index contributed by atoms with van der Waals surface area (Å²) >= 11 is 6.55. The first kappa shape index (κ1) is 24.8. The van der Waals surface area contributed by atoms with Crippen LogP contribution in [0.1, 0.15) is 24.8 Å². The zero-order valence-corrected chi connectivity index (χ0v) is 20.4. The van der Waals surface area contributed by atoms with Crippen molar-refractivity contribution in [2.45, 2.75) is 67.8 Å². The molecule has 2 bridgehead atoms. The minimum Gasteiger partial charge on any atom is -0.497 e. The van der Waals surface area contributed by atoms with Gasteiger partial charge >= 0.3 is 6.09 Å². The second kappa shape index (κ2) is 10.6. The number of rotatable bonds is 7. The maximum atomic E-state index is 11.7. The lowest BCUT2D eigenvalue weighted by molar-refractivity contribution is -0.407. The molecule has 194 valence electrons. The van der Waals surface area contributed by atoms with Crippen LogP contribution >= 0.6 is 11.6 Å². The molecule has 0 saturated carbocycles. The highest BCUT2D eigenvalue weighted by Gasteiger charge is 2.48. The maximum Gasteiger partial charge on any atom is 0.407 e. The first-order valence-corrected chi connectivity index (χ1v) is 12.2. The summed E-state index contributed by atoms with van der Waals surface area (Å²) in [5.74, 6) is 1.38. The van der Waals surface area contributed by atoms with Gasteiger partial charge in [0, 0.05) is 24.2 Å². The van der Waals surface area contributed by atoms with E-state index in [0.29, 0.717) is 37.6 Å². The van der Waals surface area contributed by atoms with E-state index in [2.05, 4.69) is 16.3 Å². The van der Waals surface area contributed by atoms with Gasteiger partial charge in [-0.05, 0) is 25.3 Å². The number of carbonyl (C=O) groups is 1. The molecule has 4 heterocycles. The number of ether oxygens (including phenoxy) is 3. The number of methoxy groups -OCH3 is 2. The largest absolute Gasteiger partial charge is 0.497 e. The Kier molecular flexibility index (Phi) is 7.51. The normalized spacial score (nSPS) is 34.9. The SMILES string of the molecule is COc1ccc(CN2ONOC3C(OC[C@H]4NC[C@H]5CC[C@@H]4N5C(=O)O)NC(Cl)CC32)c(OC)c1. The topological polar surface area (TPSA) is 126 Å². The van der Waals surface area contributed by atoms with Gasteiger partial charge in [0.25, 0.3) is 0 Å². The molecule has 5 rings (SSSR count). The molecule has 4 fully saturated rings. The van der Waals surface area contributed by atoms with E-state index in [4.69, 9.17) is 35.6 Å². The second-order valence-corrected chi connectivity index (χ2v) is 9.73. The van der Waals surface area contributed by atoms with E-state index in [1.807, 2.05) is 18.2 Å². The molecule has 1 aromatic carbocycles. The van der Waals surface area contributed by atoms with Crippen molar-refractivity contribution in [3.63, 3.8) is 0 Å². The molecule has 4 aliphatic rings. The third kappa shape index (κ3) is 5.02. The van der Waals surface area contributed by atoms with Gasteiger partial charge in [0.05, 0.1) is 51.0 Å². The van der Waals surface area contributed by atoms with Gasteiger partial charge in [-0.2, -0.15) is 10.0 Å². The Labute approximate surface area is 208 Å². The number of hydroxylamine groups is 2. The van der Waals surface area contributed by atoms with Crippen LogP contribution in [0.25, 0.3) is 0 Å². The molecule has 1 aromatic rings. The van der Waals surface area contributed by atoms with Gasteiger partial charge < -0.3 is 24.6 Å². The van der Waals surface area contributed by atoms with E-state index in [9.17, 15) is 9.90 Å². The van der Waals surface area contributed by atoms with Crippen molar-refractivity contribution >= 4 is 17.7 Å². The molecule has 35 heavy (non-hydrogen) atoms. The minimum atomic E-state index is -0.873. The molecular formula is C22H32ClN5O7. The summed E-state index contributed by atoms with van der Waals surface area (Å²) in [5, 5.41) is 18.1. The predicted octanol–water partition coefficient (Wildman–Crippen LogP) is 1.01. The zero-order chi connectivity index (χ0) is 24.5. The number of nitrogens with one attached hydrogen (secondary N) is 3. The van der Waals surface area contributed by atoms with Gasteiger partial charge in [-0.25, -0.2) is 4.79 Å². The molecular weight excluding hydrogens is 482 g/mol. The number of alkyl halides is 1. The molecule has 4 unspecified atom stereocenters. The van der Waals surface area contributed by atoms with Crippen molar-refractivity contribution in [3.05, 3.63) is 23.8 Å². The Morgan fingerprint density at radius 3 is 2.89 bits per heavy atom. The quantitative estimate of drug-likeness (QED) is 0.308. The number of amides is 1. The minimum absolute atomic E-state index is 0.0321. The summed E-state index contributed by atoms with van der Waals surface area (Å²) < 4.78 is 17.1. The Bertz CT molecular complexity index is 913. The second-order valence-electron chi connectivity index (χ2n) is 9.20. The Morgan fingerprint density at radius 2 is 2.11 bits per heavy atom. The highest BCUT2D eigenvalue weighted by Crippen LogP contribution is 2.33. The molecule has 0 aromatic heterocycles. The number of hydrogen-bond donors (Lipinski definition) is 4. The standard InChI is InChI=1S/C22H32ClN5O7/c1-31-14-5-3-12(18(7-14)32-2)10-27-17-8-19(23)25-21(20(17)34-26-35-27)33-11-15-16-6-4-13(9-24-15)28(16)22(29)30/h3,5,7,13,15-17,19-21,24-26H,4,6,8-11H2,1-2H3,(H,29,30)/t13-,15-,16+,17?,19?,20?,21?/m1/s1. The van der Waals surface area contributed by atoms with E-state index in [0.717, 1.165) is 18.4 Å². The van der Waals surface area contributed by atoms with E-state index < -0.39 is 18.4 Å². The molecule has 13 heteroatoms. The van der Waals surface area contributed by atoms with Gasteiger partial charge in [-0.1, -0.05) is 11.7 Å². The first-order valence-electron chi connectivity index (χ1n) is 11.8. The van der Waals surface area contributed by atoms with E-state index in [-0.39, 0.29) is 29.7 Å². The van der Waals surface area contributed by atoms with Gasteiger partial charge in [0.2, 0.25) is 0 Å². The van der Waals surface area contributed by atoms with E-state index in [1.165, 1.54) is 0 Å². The number of nitrogens with zero attached hydrogens (tertiary/aromatic N) is 2. The maximum absolute atomic E-state index is 11.7. The monoisotopic (exact) mass is 513 g/mol. The molecule has 0 aliphatic carbocycles. The summed E-state index contributed by atoms with van der Waals surface area (Å²) in [6, 6.07) is 5.24. The number of fused-ring (bicyclic) bond motifs is 3. The fourth-order valence-electron chi connectivity index (χ4n) is 5.55. The highest BCUT2D eigenvalue weighted by molar-refractivity contribution is 6.20. The Balaban J connectivity index is 1.26. The molecule has 1 amide bonds. The molecule has 0 spiro atoms. The molecule has 0 radical (unpaired) electrons. The van der Waals surface area contributed by atoms with Crippen LogP contribution in [0.15, 0.2) is 18.2 Å². The van der Waals surface area contributed by atoms with Gasteiger partial charge in [0.15, 0.2) is 0 Å². The molecule has 7 atom stereocenters. The van der Waals surface area contributed by atoms with Crippen molar-refractivity contribution in [2.75, 3.05) is 27.4 Å². The van der Waals surface area contributed by atoms with Crippen LogP contribution in [-0.2, 0) is 21.1 Å². The van der Waals surface area contributed by atoms with E-state index >= 15 is 0 Å². The van der Waals surface area contributed by atoms with Crippen molar-refractivity contribution in [1.82, 2.24) is 26.2 Å². The highest BCUT2D eigenvalue weighted by atomic mass is 35.5. The van der Waals surface area contributed by atoms with Gasteiger partial charge in [-0.15, -0.1) is 11.6 Å². The van der Waals surface area contributed by atoms with E-state index in [1.54, 1.807) is 24.2 Å².